The van der Waals surface area contributed by atoms with Crippen molar-refractivity contribution >= 4 is 10.9 Å². The van der Waals surface area contributed by atoms with Gasteiger partial charge in [-0.1, -0.05) is 18.2 Å². The van der Waals surface area contributed by atoms with Crippen LogP contribution < -0.4 is 0 Å². The predicted octanol–water partition coefficient (Wildman–Crippen LogP) is 4.63. The maximum absolute atomic E-state index is 13.3. The Morgan fingerprint density at radius 2 is 1.79 bits per heavy atom. The van der Waals surface area contributed by atoms with Gasteiger partial charge in [0.2, 0.25) is 0 Å². The average Bonchev–Trinajstić information content (AvgIpc) is 3.26. The second kappa shape index (κ2) is 5.96. The first kappa shape index (κ1) is 14.7. The van der Waals surface area contributed by atoms with E-state index in [9.17, 15) is 4.39 Å². The van der Waals surface area contributed by atoms with Gasteiger partial charge in [-0.15, -0.1) is 0 Å². The zero-order valence-electron chi connectivity index (χ0n) is 13.4. The summed E-state index contributed by atoms with van der Waals surface area (Å²) < 4.78 is 17.6. The largest absolute Gasteiger partial charge is 0.348 e. The van der Waals surface area contributed by atoms with E-state index in [1.54, 1.807) is 12.5 Å². The summed E-state index contributed by atoms with van der Waals surface area (Å²) in [5.74, 6) is -0.224. The predicted molar refractivity (Wildman–Crippen MR) is 93.5 cm³/mol. The minimum absolute atomic E-state index is 0.0255. The summed E-state index contributed by atoms with van der Waals surface area (Å²) in [6, 6.07) is 15.3. The second-order valence-electron chi connectivity index (χ2n) is 5.88. The number of benzene rings is 2. The quantitative estimate of drug-likeness (QED) is 0.537. The van der Waals surface area contributed by atoms with Crippen molar-refractivity contribution in [1.82, 2.24) is 14.1 Å². The molecular formula is C20H18FN3. The summed E-state index contributed by atoms with van der Waals surface area (Å²) >= 11 is 0. The Hall–Kier alpha value is -2.88. The number of rotatable bonds is 4. The lowest BCUT2D eigenvalue weighted by Gasteiger charge is -2.20. The summed E-state index contributed by atoms with van der Waals surface area (Å²) in [6.45, 7) is 3.09. The number of hydrogen-bond donors (Lipinski definition) is 0. The van der Waals surface area contributed by atoms with E-state index in [0.29, 0.717) is 0 Å². The van der Waals surface area contributed by atoms with Crippen LogP contribution in [0, 0.1) is 5.82 Å². The highest BCUT2D eigenvalue weighted by Gasteiger charge is 2.17. The van der Waals surface area contributed by atoms with E-state index in [1.165, 1.54) is 23.0 Å². The van der Waals surface area contributed by atoms with Crippen molar-refractivity contribution in [2.75, 3.05) is 0 Å². The third-order valence-electron chi connectivity index (χ3n) is 4.46. The first-order valence-corrected chi connectivity index (χ1v) is 8.08. The highest BCUT2D eigenvalue weighted by atomic mass is 19.1. The Labute approximate surface area is 140 Å². The Morgan fingerprint density at radius 3 is 2.50 bits per heavy atom. The van der Waals surface area contributed by atoms with Crippen LogP contribution in [0.2, 0.25) is 0 Å². The lowest BCUT2D eigenvalue weighted by Crippen LogP contribution is -2.10. The summed E-state index contributed by atoms with van der Waals surface area (Å²) in [5.41, 5.74) is 3.41. The summed E-state index contributed by atoms with van der Waals surface area (Å²) in [5, 5.41) is 1.21. The van der Waals surface area contributed by atoms with Crippen LogP contribution in [0.15, 0.2) is 73.4 Å². The van der Waals surface area contributed by atoms with E-state index in [4.69, 9.17) is 0 Å². The van der Waals surface area contributed by atoms with Crippen molar-refractivity contribution in [3.63, 3.8) is 0 Å². The first-order valence-electron chi connectivity index (χ1n) is 8.08. The molecule has 24 heavy (non-hydrogen) atoms. The summed E-state index contributed by atoms with van der Waals surface area (Å²) in [4.78, 5) is 4.18. The van der Waals surface area contributed by atoms with Crippen LogP contribution >= 0.6 is 0 Å². The molecule has 2 heterocycles. The molecule has 0 N–H and O–H groups in total. The maximum Gasteiger partial charge on any atom is 0.123 e. The standard InChI is InChI=1S/C20H18FN3/c1-2-23-11-9-16-13-17(5-8-19(16)23)20(24-12-10-22-14-24)15-3-6-18(21)7-4-15/h3-14,20H,2H2,1H3. The fourth-order valence-electron chi connectivity index (χ4n) is 3.27. The number of fused-ring (bicyclic) bond motifs is 1. The molecule has 0 spiro atoms. The molecule has 3 nitrogen and oxygen atoms in total. The van der Waals surface area contributed by atoms with Crippen LogP contribution in [0.1, 0.15) is 24.1 Å². The van der Waals surface area contributed by atoms with Gasteiger partial charge in [-0.25, -0.2) is 9.37 Å². The zero-order chi connectivity index (χ0) is 16.5. The van der Waals surface area contributed by atoms with Gasteiger partial charge in [0.25, 0.3) is 0 Å². The van der Waals surface area contributed by atoms with Crippen LogP contribution in [0.25, 0.3) is 10.9 Å². The zero-order valence-corrected chi connectivity index (χ0v) is 13.4. The molecule has 2 aromatic carbocycles. The van der Waals surface area contributed by atoms with Gasteiger partial charge in [0, 0.05) is 30.7 Å². The number of aromatic nitrogens is 3. The molecule has 0 aliphatic rings. The van der Waals surface area contributed by atoms with Crippen molar-refractivity contribution in [3.8, 4) is 0 Å². The number of imidazole rings is 1. The van der Waals surface area contributed by atoms with Gasteiger partial charge in [0.15, 0.2) is 0 Å². The third kappa shape index (κ3) is 2.50. The summed E-state index contributed by atoms with van der Waals surface area (Å²) in [6.07, 6.45) is 7.62. The SMILES string of the molecule is CCn1ccc2cc(C(c3ccc(F)cc3)n3ccnc3)ccc21. The molecule has 0 radical (unpaired) electrons. The molecule has 0 bridgehead atoms. The van der Waals surface area contributed by atoms with Crippen molar-refractivity contribution in [2.24, 2.45) is 0 Å². The molecule has 1 atom stereocenters. The molecule has 4 aromatic rings. The Balaban J connectivity index is 1.85. The van der Waals surface area contributed by atoms with Crippen LogP contribution in [-0.2, 0) is 6.54 Å². The van der Waals surface area contributed by atoms with Crippen molar-refractivity contribution in [1.29, 1.82) is 0 Å². The van der Waals surface area contributed by atoms with Gasteiger partial charge in [-0.05, 0) is 53.8 Å². The van der Waals surface area contributed by atoms with Gasteiger partial charge in [0.1, 0.15) is 5.82 Å². The van der Waals surface area contributed by atoms with Gasteiger partial charge < -0.3 is 9.13 Å². The molecule has 0 fully saturated rings. The lowest BCUT2D eigenvalue weighted by molar-refractivity contribution is 0.622. The van der Waals surface area contributed by atoms with E-state index in [1.807, 2.05) is 22.9 Å². The molecule has 0 saturated heterocycles. The molecule has 4 rings (SSSR count). The number of hydrogen-bond acceptors (Lipinski definition) is 1. The van der Waals surface area contributed by atoms with Crippen LogP contribution in [0.5, 0.6) is 0 Å². The molecule has 0 saturated carbocycles. The number of nitrogens with zero attached hydrogens (tertiary/aromatic N) is 3. The van der Waals surface area contributed by atoms with Crippen LogP contribution in [0.3, 0.4) is 0 Å². The fraction of sp³-hybridized carbons (Fsp3) is 0.150. The van der Waals surface area contributed by atoms with Crippen LogP contribution in [0.4, 0.5) is 4.39 Å². The topological polar surface area (TPSA) is 22.8 Å². The van der Waals surface area contributed by atoms with E-state index in [0.717, 1.165) is 17.7 Å². The number of halogens is 1. The highest BCUT2D eigenvalue weighted by Crippen LogP contribution is 2.29. The molecule has 0 amide bonds. The molecule has 2 aromatic heterocycles. The second-order valence-corrected chi connectivity index (χ2v) is 5.88. The molecule has 120 valence electrons. The minimum atomic E-state index is -0.224. The van der Waals surface area contributed by atoms with E-state index >= 15 is 0 Å². The molecule has 0 aliphatic heterocycles. The van der Waals surface area contributed by atoms with Crippen molar-refractivity contribution in [2.45, 2.75) is 19.5 Å². The summed E-state index contributed by atoms with van der Waals surface area (Å²) in [7, 11) is 0. The van der Waals surface area contributed by atoms with E-state index in [2.05, 4.69) is 46.9 Å². The monoisotopic (exact) mass is 319 g/mol. The Kier molecular flexibility index (Phi) is 3.65. The fourth-order valence-corrected chi connectivity index (χ4v) is 3.27. The third-order valence-corrected chi connectivity index (χ3v) is 4.46. The van der Waals surface area contributed by atoms with Crippen LogP contribution in [-0.4, -0.2) is 14.1 Å². The van der Waals surface area contributed by atoms with Crippen molar-refractivity contribution < 1.29 is 4.39 Å². The normalized spacial score (nSPS) is 12.6. The Bertz CT molecular complexity index is 952. The van der Waals surface area contributed by atoms with E-state index < -0.39 is 0 Å². The molecule has 4 heteroatoms. The molecule has 0 aliphatic carbocycles. The molecular weight excluding hydrogens is 301 g/mol. The average molecular weight is 319 g/mol. The Morgan fingerprint density at radius 1 is 1.00 bits per heavy atom. The van der Waals surface area contributed by atoms with Gasteiger partial charge >= 0.3 is 0 Å². The van der Waals surface area contributed by atoms with Crippen molar-refractivity contribution in [3.05, 3.63) is 90.4 Å². The number of aryl methyl sites for hydroxylation is 1. The van der Waals surface area contributed by atoms with Gasteiger partial charge in [-0.3, -0.25) is 0 Å². The lowest BCUT2D eigenvalue weighted by atomic mass is 9.97. The van der Waals surface area contributed by atoms with Gasteiger partial charge in [-0.2, -0.15) is 0 Å². The minimum Gasteiger partial charge on any atom is -0.348 e. The molecule has 1 unspecified atom stereocenters. The van der Waals surface area contributed by atoms with E-state index in [-0.39, 0.29) is 11.9 Å². The maximum atomic E-state index is 13.3. The first-order chi connectivity index (χ1) is 11.8. The van der Waals surface area contributed by atoms with Gasteiger partial charge in [0.05, 0.1) is 12.4 Å². The highest BCUT2D eigenvalue weighted by molar-refractivity contribution is 5.81. The smallest absolute Gasteiger partial charge is 0.123 e.